The number of carbonyl (C=O) groups excluding carboxylic acids is 4. The molecule has 3 fully saturated rings. The second-order valence-corrected chi connectivity index (χ2v) is 12.9. The molecule has 0 bridgehead atoms. The highest BCUT2D eigenvalue weighted by atomic mass is 16.2. The highest BCUT2D eigenvalue weighted by Crippen LogP contribution is 2.59. The molecule has 0 N–H and O–H groups in total. The van der Waals surface area contributed by atoms with Crippen LogP contribution in [0.25, 0.3) is 0 Å². The molecule has 6 amide bonds. The Labute approximate surface area is 290 Å². The number of hydrogen-bond acceptors (Lipinski definition) is 4. The van der Waals surface area contributed by atoms with Gasteiger partial charge in [-0.1, -0.05) is 152 Å². The Bertz CT molecular complexity index is 1810. The summed E-state index contributed by atoms with van der Waals surface area (Å²) in [6, 6.07) is 45.9. The van der Waals surface area contributed by atoms with E-state index in [9.17, 15) is 0 Å². The number of urea groups is 2. The maximum absolute atomic E-state index is 15.6. The zero-order valence-electron chi connectivity index (χ0n) is 27.3. The summed E-state index contributed by atoms with van der Waals surface area (Å²) in [6.07, 6.45) is 0. The molecule has 3 aliphatic heterocycles. The van der Waals surface area contributed by atoms with Crippen LogP contribution in [-0.4, -0.2) is 59.7 Å². The Kier molecular flexibility index (Phi) is 7.67. The molecule has 0 radical (unpaired) electrons. The summed E-state index contributed by atoms with van der Waals surface area (Å²) in [5.41, 5.74) is -0.236. The molecule has 0 spiro atoms. The van der Waals surface area contributed by atoms with Crippen molar-refractivity contribution < 1.29 is 19.2 Å². The number of benzene rings is 5. The fourth-order valence-electron chi connectivity index (χ4n) is 7.82. The van der Waals surface area contributed by atoms with Gasteiger partial charge in [0.25, 0.3) is 23.1 Å². The van der Waals surface area contributed by atoms with E-state index in [1.807, 2.05) is 152 Å². The predicted octanol–water partition coefficient (Wildman–Crippen LogP) is 6.22. The Balaban J connectivity index is 1.40. The molecule has 0 saturated carbocycles. The highest BCUT2D eigenvalue weighted by Gasteiger charge is 2.90. The molecule has 0 unspecified atom stereocenters. The Hall–Kier alpha value is -6.22. The van der Waals surface area contributed by atoms with Crippen molar-refractivity contribution in [3.05, 3.63) is 179 Å². The maximum Gasteiger partial charge on any atom is 0.325 e. The molecule has 0 aliphatic carbocycles. The summed E-state index contributed by atoms with van der Waals surface area (Å²) in [5, 5.41) is 0. The minimum absolute atomic E-state index is 0.00264. The minimum Gasteiger partial charge on any atom is -0.284 e. The number of rotatable bonds is 10. The molecule has 3 aliphatic rings. The van der Waals surface area contributed by atoms with Crippen LogP contribution in [0.1, 0.15) is 27.8 Å². The molecule has 0 atom stereocenters. The van der Waals surface area contributed by atoms with Crippen LogP contribution < -0.4 is 0 Å². The van der Waals surface area contributed by atoms with Gasteiger partial charge >= 0.3 is 12.1 Å². The van der Waals surface area contributed by atoms with Gasteiger partial charge < -0.3 is 0 Å². The van der Waals surface area contributed by atoms with E-state index >= 15 is 19.2 Å². The van der Waals surface area contributed by atoms with Gasteiger partial charge in [-0.2, -0.15) is 0 Å². The standard InChI is InChI=1S/C41H35N5O4/c47-36-40-41(37(48)42(36)26-31-16-6-1-7-17-31,44(28-33-20-10-3-11-21-33)38(49)43(40)27-32-18-8-2-9-19-32)46(30-35-24-14-5-15-25-35)39(50)45(40)29-34-22-12-4-13-23-34/h1-25H,26-30H2. The second-order valence-electron chi connectivity index (χ2n) is 12.9. The van der Waals surface area contributed by atoms with Gasteiger partial charge in [0, 0.05) is 0 Å². The number of imide groups is 1. The predicted molar refractivity (Wildman–Crippen MR) is 186 cm³/mol. The highest BCUT2D eigenvalue weighted by molar-refractivity contribution is 6.22. The zero-order chi connectivity index (χ0) is 34.3. The minimum atomic E-state index is -2.03. The van der Waals surface area contributed by atoms with Gasteiger partial charge in [0.15, 0.2) is 0 Å². The van der Waals surface area contributed by atoms with Crippen LogP contribution in [0.3, 0.4) is 0 Å². The first-order valence-electron chi connectivity index (χ1n) is 16.7. The lowest BCUT2D eigenvalue weighted by Crippen LogP contribution is -2.69. The van der Waals surface area contributed by atoms with E-state index in [-0.39, 0.29) is 32.7 Å². The summed E-state index contributed by atoms with van der Waals surface area (Å²) >= 11 is 0. The lowest BCUT2D eigenvalue weighted by atomic mass is 9.92. The largest absolute Gasteiger partial charge is 0.325 e. The van der Waals surface area contributed by atoms with Crippen molar-refractivity contribution in [2.75, 3.05) is 0 Å². The fraction of sp³-hybridized carbons (Fsp3) is 0.171. The van der Waals surface area contributed by atoms with Gasteiger partial charge in [0.1, 0.15) is 0 Å². The second kappa shape index (κ2) is 12.3. The van der Waals surface area contributed by atoms with Gasteiger partial charge in [-0.3, -0.25) is 34.1 Å². The van der Waals surface area contributed by atoms with E-state index < -0.39 is 35.2 Å². The molecule has 5 aromatic rings. The van der Waals surface area contributed by atoms with E-state index in [0.29, 0.717) is 0 Å². The molecule has 9 heteroatoms. The molecule has 0 aromatic heterocycles. The van der Waals surface area contributed by atoms with Crippen LogP contribution in [0.4, 0.5) is 9.59 Å². The molecule has 3 heterocycles. The number of nitrogens with zero attached hydrogens (tertiary/aromatic N) is 5. The Morgan fingerprint density at radius 3 is 0.780 bits per heavy atom. The molecule has 9 nitrogen and oxygen atoms in total. The average Bonchev–Trinajstić information content (AvgIpc) is 3.58. The molecule has 50 heavy (non-hydrogen) atoms. The molecule has 3 saturated heterocycles. The first-order chi connectivity index (χ1) is 24.5. The van der Waals surface area contributed by atoms with Crippen molar-refractivity contribution in [1.82, 2.24) is 24.5 Å². The zero-order valence-corrected chi connectivity index (χ0v) is 27.3. The first kappa shape index (κ1) is 31.1. The third kappa shape index (κ3) is 4.61. The topological polar surface area (TPSA) is 84.5 Å². The molecule has 8 rings (SSSR count). The molecular weight excluding hydrogens is 626 g/mol. The van der Waals surface area contributed by atoms with E-state index in [1.165, 1.54) is 24.5 Å². The molecule has 248 valence electrons. The van der Waals surface area contributed by atoms with Crippen LogP contribution in [0.2, 0.25) is 0 Å². The van der Waals surface area contributed by atoms with E-state index in [4.69, 9.17) is 0 Å². The lowest BCUT2D eigenvalue weighted by molar-refractivity contribution is -0.147. The third-order valence-electron chi connectivity index (χ3n) is 9.98. The van der Waals surface area contributed by atoms with Crippen LogP contribution in [0, 0.1) is 0 Å². The van der Waals surface area contributed by atoms with Crippen molar-refractivity contribution >= 4 is 23.9 Å². The smallest absolute Gasteiger partial charge is 0.284 e. The third-order valence-corrected chi connectivity index (χ3v) is 9.98. The maximum atomic E-state index is 15.6. The summed E-state index contributed by atoms with van der Waals surface area (Å²) < 4.78 is 0. The summed E-state index contributed by atoms with van der Waals surface area (Å²) in [6.45, 7) is -0.00226. The Morgan fingerprint density at radius 2 is 0.540 bits per heavy atom. The van der Waals surface area contributed by atoms with E-state index in [1.54, 1.807) is 0 Å². The van der Waals surface area contributed by atoms with Crippen LogP contribution in [0.5, 0.6) is 0 Å². The number of carbonyl (C=O) groups is 4. The monoisotopic (exact) mass is 661 g/mol. The number of hydrogen-bond donors (Lipinski definition) is 0. The average molecular weight is 662 g/mol. The van der Waals surface area contributed by atoms with E-state index in [2.05, 4.69) is 0 Å². The number of likely N-dealkylation sites (tertiary alicyclic amines) is 1. The van der Waals surface area contributed by atoms with Gasteiger partial charge in [0.2, 0.25) is 0 Å². The van der Waals surface area contributed by atoms with Gasteiger partial charge in [0.05, 0.1) is 32.7 Å². The Morgan fingerprint density at radius 1 is 0.320 bits per heavy atom. The van der Waals surface area contributed by atoms with Crippen molar-refractivity contribution in [3.63, 3.8) is 0 Å². The summed E-state index contributed by atoms with van der Waals surface area (Å²) in [4.78, 5) is 68.6. The summed E-state index contributed by atoms with van der Waals surface area (Å²) in [7, 11) is 0. The SMILES string of the molecule is O=C1N(Cc2ccccc2)C23C(=O)N(Cc4ccccc4)C(=O)C2(N1Cc1ccccc1)N(Cc1ccccc1)C(=O)N3Cc1ccccc1. The normalized spacial score (nSPS) is 21.3. The van der Waals surface area contributed by atoms with Gasteiger partial charge in [-0.05, 0) is 27.8 Å². The first-order valence-corrected chi connectivity index (χ1v) is 16.7. The van der Waals surface area contributed by atoms with E-state index in [0.717, 1.165) is 27.8 Å². The molecule has 5 aromatic carbocycles. The fourth-order valence-corrected chi connectivity index (χ4v) is 7.82. The van der Waals surface area contributed by atoms with Crippen LogP contribution in [0.15, 0.2) is 152 Å². The van der Waals surface area contributed by atoms with Crippen molar-refractivity contribution in [3.8, 4) is 0 Å². The molecular formula is C41H35N5O4. The van der Waals surface area contributed by atoms with Crippen molar-refractivity contribution in [1.29, 1.82) is 0 Å². The van der Waals surface area contributed by atoms with Crippen LogP contribution >= 0.6 is 0 Å². The van der Waals surface area contributed by atoms with Crippen molar-refractivity contribution in [2.45, 2.75) is 44.0 Å². The van der Waals surface area contributed by atoms with Crippen LogP contribution in [-0.2, 0) is 42.3 Å². The number of amides is 6. The van der Waals surface area contributed by atoms with Gasteiger partial charge in [-0.15, -0.1) is 0 Å². The lowest BCUT2D eigenvalue weighted by Gasteiger charge is -2.41. The van der Waals surface area contributed by atoms with Gasteiger partial charge in [-0.25, -0.2) is 9.59 Å². The van der Waals surface area contributed by atoms with Crippen molar-refractivity contribution in [2.24, 2.45) is 0 Å². The summed E-state index contributed by atoms with van der Waals surface area (Å²) in [5.74, 6) is -1.21. The quantitative estimate of drug-likeness (QED) is 0.166.